The van der Waals surface area contributed by atoms with Crippen molar-refractivity contribution < 1.29 is 9.53 Å². The number of unbranched alkanes of at least 4 members (excludes halogenated alkanes) is 5. The van der Waals surface area contributed by atoms with E-state index in [0.29, 0.717) is 23.2 Å². The van der Waals surface area contributed by atoms with Crippen LogP contribution in [-0.4, -0.2) is 15.8 Å². The predicted molar refractivity (Wildman–Crippen MR) is 109 cm³/mol. The average Bonchev–Trinajstić information content (AvgIpc) is 2.61. The highest BCUT2D eigenvalue weighted by Gasteiger charge is 1.96. The molecule has 0 atom stereocenters. The minimum absolute atomic E-state index is 0. The van der Waals surface area contributed by atoms with Gasteiger partial charge in [0.1, 0.15) is 17.4 Å². The van der Waals surface area contributed by atoms with Crippen LogP contribution in [0.25, 0.3) is 0 Å². The Bertz CT molecular complexity index is 592. The predicted octanol–water partition coefficient (Wildman–Crippen LogP) is 5.60. The zero-order valence-electron chi connectivity index (χ0n) is 15.7. The van der Waals surface area contributed by atoms with E-state index in [9.17, 15) is 4.79 Å². The Morgan fingerprint density at radius 1 is 1.04 bits per heavy atom. The molecule has 2 N–H and O–H groups in total. The maximum Gasteiger partial charge on any atom is 0.219 e. The first-order chi connectivity index (χ1) is 12.1. The molecule has 26 heavy (non-hydrogen) atoms. The minimum atomic E-state index is 0. The monoisotopic (exact) mass is 379 g/mol. The summed E-state index contributed by atoms with van der Waals surface area (Å²) in [6, 6.07) is 8.88. The Kier molecular flexibility index (Phi) is 13.9. The number of aromatic nitrogens is 2. The molecule has 2 rings (SSSR count). The summed E-state index contributed by atoms with van der Waals surface area (Å²) in [7, 11) is 0. The van der Waals surface area contributed by atoms with Crippen molar-refractivity contribution in [3.8, 4) is 11.6 Å². The Labute approximate surface area is 162 Å². The molecule has 2 heterocycles. The molecular weight excluding hydrogens is 350 g/mol. The number of nitrogens with two attached hydrogens (primary N) is 1. The van der Waals surface area contributed by atoms with Crippen LogP contribution < -0.4 is 10.5 Å². The van der Waals surface area contributed by atoms with Gasteiger partial charge in [-0.15, -0.1) is 12.4 Å². The third kappa shape index (κ3) is 12.3. The quantitative estimate of drug-likeness (QED) is 0.573. The Balaban J connectivity index is 0.000000479. The minimum Gasteiger partial charge on any atom is -0.437 e. The van der Waals surface area contributed by atoms with Gasteiger partial charge in [0, 0.05) is 18.7 Å². The highest BCUT2D eigenvalue weighted by molar-refractivity contribution is 5.85. The van der Waals surface area contributed by atoms with Gasteiger partial charge in [-0.1, -0.05) is 45.1 Å². The highest BCUT2D eigenvalue weighted by Crippen LogP contribution is 2.17. The van der Waals surface area contributed by atoms with E-state index < -0.39 is 0 Å². The van der Waals surface area contributed by atoms with Crippen LogP contribution in [-0.2, 0) is 4.79 Å². The summed E-state index contributed by atoms with van der Waals surface area (Å²) in [5, 5.41) is 0. The fraction of sp³-hybridized carbons (Fsp3) is 0.450. The number of Topliss-reactive ketones (excluding diaryl/α,β-unsaturated/α-hetero) is 1. The van der Waals surface area contributed by atoms with E-state index in [-0.39, 0.29) is 12.4 Å². The topological polar surface area (TPSA) is 78.1 Å². The summed E-state index contributed by atoms with van der Waals surface area (Å²) in [5.74, 6) is 1.97. The molecule has 6 heteroatoms. The highest BCUT2D eigenvalue weighted by atomic mass is 35.5. The molecular formula is C20H30ClN3O2. The molecule has 0 unspecified atom stereocenters. The number of hydrogen-bond donors (Lipinski definition) is 1. The molecule has 0 radical (unpaired) electrons. The molecule has 144 valence electrons. The van der Waals surface area contributed by atoms with Crippen molar-refractivity contribution in [3.05, 3.63) is 42.7 Å². The molecule has 0 aromatic carbocycles. The maximum absolute atomic E-state index is 10.5. The first kappa shape index (κ1) is 23.9. The zero-order chi connectivity index (χ0) is 18.3. The summed E-state index contributed by atoms with van der Waals surface area (Å²) < 4.78 is 5.40. The molecule has 0 bridgehead atoms. The first-order valence-corrected chi connectivity index (χ1v) is 8.91. The molecule has 5 nitrogen and oxygen atoms in total. The largest absolute Gasteiger partial charge is 0.437 e. The Hall–Kier alpha value is -2.14. The smallest absolute Gasteiger partial charge is 0.219 e. The Morgan fingerprint density at radius 2 is 1.77 bits per heavy atom. The van der Waals surface area contributed by atoms with Crippen LogP contribution in [0.1, 0.15) is 58.8 Å². The van der Waals surface area contributed by atoms with Crippen LogP contribution in [0.15, 0.2) is 42.7 Å². The molecule has 2 aromatic heterocycles. The van der Waals surface area contributed by atoms with Crippen LogP contribution in [0.3, 0.4) is 0 Å². The van der Waals surface area contributed by atoms with E-state index in [4.69, 9.17) is 10.5 Å². The fourth-order valence-electron chi connectivity index (χ4n) is 2.13. The van der Waals surface area contributed by atoms with Gasteiger partial charge < -0.3 is 15.3 Å². The van der Waals surface area contributed by atoms with E-state index in [1.54, 1.807) is 37.5 Å². The van der Waals surface area contributed by atoms with Gasteiger partial charge in [0.2, 0.25) is 5.88 Å². The number of halogens is 1. The van der Waals surface area contributed by atoms with Crippen molar-refractivity contribution in [1.29, 1.82) is 0 Å². The number of ketones is 1. The summed E-state index contributed by atoms with van der Waals surface area (Å²) in [6.07, 6.45) is 11.6. The number of carbonyl (C=O) groups excluding carboxylic acids is 1. The van der Waals surface area contributed by atoms with Gasteiger partial charge in [0.25, 0.3) is 0 Å². The summed E-state index contributed by atoms with van der Waals surface area (Å²) >= 11 is 0. The van der Waals surface area contributed by atoms with E-state index >= 15 is 0 Å². The number of hydrogen-bond acceptors (Lipinski definition) is 5. The third-order valence-corrected chi connectivity index (χ3v) is 3.50. The molecule has 0 saturated carbocycles. The van der Waals surface area contributed by atoms with Gasteiger partial charge >= 0.3 is 0 Å². The summed E-state index contributed by atoms with van der Waals surface area (Å²) in [6.45, 7) is 3.89. The number of pyridine rings is 2. The number of nitrogens with zero attached hydrogens (tertiary/aromatic N) is 2. The Morgan fingerprint density at radius 3 is 2.35 bits per heavy atom. The lowest BCUT2D eigenvalue weighted by molar-refractivity contribution is -0.117. The van der Waals surface area contributed by atoms with Crippen molar-refractivity contribution in [3.63, 3.8) is 0 Å². The molecule has 0 aliphatic heterocycles. The zero-order valence-corrected chi connectivity index (χ0v) is 16.5. The molecule has 0 aliphatic carbocycles. The first-order valence-electron chi connectivity index (χ1n) is 8.91. The number of carbonyl (C=O) groups is 1. The molecule has 0 amide bonds. The van der Waals surface area contributed by atoms with Gasteiger partial charge in [-0.2, -0.15) is 0 Å². The van der Waals surface area contributed by atoms with E-state index in [0.717, 1.165) is 12.8 Å². The van der Waals surface area contributed by atoms with E-state index in [2.05, 4.69) is 16.9 Å². The lowest BCUT2D eigenvalue weighted by atomic mass is 10.1. The van der Waals surface area contributed by atoms with Crippen molar-refractivity contribution >= 4 is 24.0 Å². The van der Waals surface area contributed by atoms with Crippen molar-refractivity contribution in [1.82, 2.24) is 9.97 Å². The van der Waals surface area contributed by atoms with Crippen molar-refractivity contribution in [2.24, 2.45) is 0 Å². The SMILES string of the molecule is CCCCCCCCC(C)=O.Cl.Nc1ccc(Oc2ccccn2)cn1. The van der Waals surface area contributed by atoms with Gasteiger partial charge in [-0.3, -0.25) is 0 Å². The van der Waals surface area contributed by atoms with Crippen molar-refractivity contribution in [2.45, 2.75) is 58.8 Å². The van der Waals surface area contributed by atoms with Crippen LogP contribution in [0, 0.1) is 0 Å². The van der Waals surface area contributed by atoms with Gasteiger partial charge in [0.15, 0.2) is 0 Å². The summed E-state index contributed by atoms with van der Waals surface area (Å²) in [4.78, 5) is 18.4. The molecule has 0 saturated heterocycles. The second-order valence-electron chi connectivity index (χ2n) is 5.91. The third-order valence-electron chi connectivity index (χ3n) is 3.50. The second kappa shape index (κ2) is 15.1. The van der Waals surface area contributed by atoms with E-state index in [1.165, 1.54) is 32.1 Å². The van der Waals surface area contributed by atoms with Crippen molar-refractivity contribution in [2.75, 3.05) is 5.73 Å². The summed E-state index contributed by atoms with van der Waals surface area (Å²) in [5.41, 5.74) is 5.44. The number of rotatable bonds is 9. The van der Waals surface area contributed by atoms with Crippen LogP contribution in [0.5, 0.6) is 11.6 Å². The molecule has 0 fully saturated rings. The van der Waals surface area contributed by atoms with Crippen LogP contribution >= 0.6 is 12.4 Å². The lowest BCUT2D eigenvalue weighted by Crippen LogP contribution is -1.91. The number of anilines is 1. The maximum atomic E-state index is 10.5. The number of ether oxygens (including phenoxy) is 1. The van der Waals surface area contributed by atoms with Gasteiger partial charge in [-0.05, 0) is 31.5 Å². The second-order valence-corrected chi connectivity index (χ2v) is 5.91. The van der Waals surface area contributed by atoms with Crippen LogP contribution in [0.2, 0.25) is 0 Å². The van der Waals surface area contributed by atoms with Crippen LogP contribution in [0.4, 0.5) is 5.82 Å². The fourth-order valence-corrected chi connectivity index (χ4v) is 2.13. The van der Waals surface area contributed by atoms with E-state index in [1.807, 2.05) is 12.1 Å². The molecule has 0 spiro atoms. The average molecular weight is 380 g/mol. The standard InChI is InChI=1S/C10H9N3O.C10H20O.ClH/c11-9-5-4-8(7-13-9)14-10-3-1-2-6-12-10;1-3-4-5-6-7-8-9-10(2)11;/h1-7H,(H2,11,13);3-9H2,1-2H3;1H. The lowest BCUT2D eigenvalue weighted by Gasteiger charge is -2.02. The van der Waals surface area contributed by atoms with Gasteiger partial charge in [0.05, 0.1) is 6.20 Å². The van der Waals surface area contributed by atoms with Gasteiger partial charge in [-0.25, -0.2) is 9.97 Å². The molecule has 0 aliphatic rings. The molecule has 2 aromatic rings. The normalized spacial score (nSPS) is 9.46. The number of nitrogen functional groups attached to an aromatic ring is 1.